The fraction of sp³-hybridized carbons (Fsp3) is 0.643. The second-order valence-corrected chi connectivity index (χ2v) is 5.19. The number of halogens is 1. The molecule has 3 N–H and O–H groups in total. The average Bonchev–Trinajstić information content (AvgIpc) is 2.45. The highest BCUT2D eigenvalue weighted by atomic mass is 19.1. The van der Waals surface area contributed by atoms with E-state index in [-0.39, 0.29) is 18.1 Å². The minimum absolute atomic E-state index is 0.0602. The molecular formula is C14H24FN5O. The summed E-state index contributed by atoms with van der Waals surface area (Å²) >= 11 is 0. The molecule has 0 aromatic carbocycles. The highest BCUT2D eigenvalue weighted by Crippen LogP contribution is 2.11. The molecule has 1 amide bonds. The molecule has 0 saturated carbocycles. The van der Waals surface area contributed by atoms with Crippen molar-refractivity contribution in [3.05, 3.63) is 12.0 Å². The van der Waals surface area contributed by atoms with Gasteiger partial charge in [-0.15, -0.1) is 0 Å². The lowest BCUT2D eigenvalue weighted by Gasteiger charge is -2.10. The van der Waals surface area contributed by atoms with Crippen LogP contribution in [0.15, 0.2) is 6.20 Å². The number of carbonyl (C=O) groups is 1. The fourth-order valence-electron chi connectivity index (χ4n) is 1.51. The Hall–Kier alpha value is -1.92. The second kappa shape index (κ2) is 9.10. The van der Waals surface area contributed by atoms with Crippen LogP contribution in [0.5, 0.6) is 0 Å². The van der Waals surface area contributed by atoms with Gasteiger partial charge in [-0.1, -0.05) is 20.8 Å². The zero-order chi connectivity index (χ0) is 15.7. The van der Waals surface area contributed by atoms with Crippen LogP contribution < -0.4 is 16.0 Å². The molecule has 0 radical (unpaired) electrons. The van der Waals surface area contributed by atoms with Crippen molar-refractivity contribution in [2.75, 3.05) is 30.3 Å². The van der Waals surface area contributed by atoms with Gasteiger partial charge in [0.1, 0.15) is 0 Å². The summed E-state index contributed by atoms with van der Waals surface area (Å²) in [7, 11) is 0. The Labute approximate surface area is 124 Å². The SMILES string of the molecule is CCCNc1ncc(F)c(NCCC(=O)NCC(C)C)n1. The lowest BCUT2D eigenvalue weighted by atomic mass is 10.2. The summed E-state index contributed by atoms with van der Waals surface area (Å²) in [5.74, 6) is 0.313. The third-order valence-electron chi connectivity index (χ3n) is 2.63. The Morgan fingerprint density at radius 3 is 2.76 bits per heavy atom. The maximum Gasteiger partial charge on any atom is 0.224 e. The van der Waals surface area contributed by atoms with Gasteiger partial charge >= 0.3 is 0 Å². The monoisotopic (exact) mass is 297 g/mol. The van der Waals surface area contributed by atoms with Crippen molar-refractivity contribution >= 4 is 17.7 Å². The first-order chi connectivity index (χ1) is 10.0. The van der Waals surface area contributed by atoms with Gasteiger partial charge in [0.15, 0.2) is 11.6 Å². The van der Waals surface area contributed by atoms with E-state index in [0.717, 1.165) is 19.2 Å². The van der Waals surface area contributed by atoms with Crippen LogP contribution in [0.3, 0.4) is 0 Å². The molecule has 0 spiro atoms. The van der Waals surface area contributed by atoms with Crippen LogP contribution in [0.25, 0.3) is 0 Å². The first kappa shape index (κ1) is 17.1. The van der Waals surface area contributed by atoms with Crippen LogP contribution >= 0.6 is 0 Å². The van der Waals surface area contributed by atoms with Gasteiger partial charge in [-0.25, -0.2) is 9.37 Å². The molecule has 21 heavy (non-hydrogen) atoms. The Balaban J connectivity index is 2.41. The third kappa shape index (κ3) is 6.87. The topological polar surface area (TPSA) is 78.9 Å². The normalized spacial score (nSPS) is 10.5. The van der Waals surface area contributed by atoms with E-state index < -0.39 is 5.82 Å². The van der Waals surface area contributed by atoms with Crippen molar-refractivity contribution in [3.63, 3.8) is 0 Å². The lowest BCUT2D eigenvalue weighted by molar-refractivity contribution is -0.120. The van der Waals surface area contributed by atoms with Gasteiger partial charge < -0.3 is 16.0 Å². The quantitative estimate of drug-likeness (QED) is 0.650. The highest BCUT2D eigenvalue weighted by molar-refractivity contribution is 5.76. The standard InChI is InChI=1S/C14H24FN5O/c1-4-6-17-14-19-9-11(15)13(20-14)16-7-5-12(21)18-8-10(2)3/h9-10H,4-8H2,1-3H3,(H,18,21)(H2,16,17,19,20). The molecule has 0 unspecified atom stereocenters. The number of anilines is 2. The summed E-state index contributed by atoms with van der Waals surface area (Å²) < 4.78 is 13.6. The number of hydrogen-bond acceptors (Lipinski definition) is 5. The van der Waals surface area contributed by atoms with E-state index in [0.29, 0.717) is 25.0 Å². The average molecular weight is 297 g/mol. The van der Waals surface area contributed by atoms with Crippen molar-refractivity contribution in [2.24, 2.45) is 5.92 Å². The second-order valence-electron chi connectivity index (χ2n) is 5.19. The predicted molar refractivity (Wildman–Crippen MR) is 81.7 cm³/mol. The number of nitrogens with zero attached hydrogens (tertiary/aromatic N) is 2. The van der Waals surface area contributed by atoms with Crippen LogP contribution in [0.1, 0.15) is 33.6 Å². The molecule has 7 heteroatoms. The smallest absolute Gasteiger partial charge is 0.224 e. The number of hydrogen-bond donors (Lipinski definition) is 3. The molecule has 118 valence electrons. The number of aromatic nitrogens is 2. The van der Waals surface area contributed by atoms with E-state index >= 15 is 0 Å². The first-order valence-corrected chi connectivity index (χ1v) is 7.30. The molecule has 0 saturated heterocycles. The van der Waals surface area contributed by atoms with Gasteiger partial charge in [0.2, 0.25) is 11.9 Å². The van der Waals surface area contributed by atoms with E-state index in [4.69, 9.17) is 0 Å². The van der Waals surface area contributed by atoms with Crippen molar-refractivity contribution in [1.29, 1.82) is 0 Å². The molecule has 0 aliphatic rings. The van der Waals surface area contributed by atoms with Crippen LogP contribution in [0.4, 0.5) is 16.2 Å². The van der Waals surface area contributed by atoms with Crippen LogP contribution in [-0.4, -0.2) is 35.5 Å². The molecule has 6 nitrogen and oxygen atoms in total. The molecule has 1 aromatic rings. The van der Waals surface area contributed by atoms with E-state index in [1.807, 2.05) is 20.8 Å². The fourth-order valence-corrected chi connectivity index (χ4v) is 1.51. The zero-order valence-corrected chi connectivity index (χ0v) is 12.9. The minimum Gasteiger partial charge on any atom is -0.367 e. The lowest BCUT2D eigenvalue weighted by Crippen LogP contribution is -2.28. The van der Waals surface area contributed by atoms with Gasteiger partial charge in [0.05, 0.1) is 6.20 Å². The van der Waals surface area contributed by atoms with Crippen molar-refractivity contribution in [3.8, 4) is 0 Å². The van der Waals surface area contributed by atoms with Gasteiger partial charge in [-0.05, 0) is 12.3 Å². The van der Waals surface area contributed by atoms with Gasteiger partial charge in [-0.2, -0.15) is 4.98 Å². The van der Waals surface area contributed by atoms with E-state index in [1.165, 1.54) is 0 Å². The van der Waals surface area contributed by atoms with E-state index in [1.54, 1.807) is 0 Å². The molecule has 0 bridgehead atoms. The van der Waals surface area contributed by atoms with E-state index in [9.17, 15) is 9.18 Å². The Morgan fingerprint density at radius 2 is 2.10 bits per heavy atom. The molecule has 1 aromatic heterocycles. The third-order valence-corrected chi connectivity index (χ3v) is 2.63. The summed E-state index contributed by atoms with van der Waals surface area (Å²) in [6, 6.07) is 0. The maximum absolute atomic E-state index is 13.6. The number of carbonyl (C=O) groups excluding carboxylic acids is 1. The van der Waals surface area contributed by atoms with Gasteiger partial charge in [0.25, 0.3) is 0 Å². The van der Waals surface area contributed by atoms with Crippen LogP contribution in [0, 0.1) is 11.7 Å². The minimum atomic E-state index is -0.528. The Kier molecular flexibility index (Phi) is 7.42. The first-order valence-electron chi connectivity index (χ1n) is 7.30. The molecule has 0 aliphatic heterocycles. The summed E-state index contributed by atoms with van der Waals surface area (Å²) in [5.41, 5.74) is 0. The van der Waals surface area contributed by atoms with Crippen LogP contribution in [0.2, 0.25) is 0 Å². The summed E-state index contributed by atoms with van der Waals surface area (Å²) in [5, 5.41) is 8.61. The van der Waals surface area contributed by atoms with Crippen molar-refractivity contribution in [2.45, 2.75) is 33.6 Å². The number of rotatable bonds is 9. The highest BCUT2D eigenvalue weighted by Gasteiger charge is 2.07. The van der Waals surface area contributed by atoms with Crippen molar-refractivity contribution < 1.29 is 9.18 Å². The number of nitrogens with one attached hydrogen (secondary N) is 3. The maximum atomic E-state index is 13.6. The summed E-state index contributed by atoms with van der Waals surface area (Å²) in [6.45, 7) is 7.77. The Morgan fingerprint density at radius 1 is 1.33 bits per heavy atom. The van der Waals surface area contributed by atoms with Crippen molar-refractivity contribution in [1.82, 2.24) is 15.3 Å². The van der Waals surface area contributed by atoms with Gasteiger partial charge in [-0.3, -0.25) is 4.79 Å². The summed E-state index contributed by atoms with van der Waals surface area (Å²) in [6.07, 6.45) is 2.32. The van der Waals surface area contributed by atoms with Crippen LogP contribution in [-0.2, 0) is 4.79 Å². The molecule has 1 heterocycles. The predicted octanol–water partition coefficient (Wildman–Crippen LogP) is 2.01. The molecule has 1 rings (SSSR count). The molecule has 0 atom stereocenters. The Bertz CT molecular complexity index is 453. The largest absolute Gasteiger partial charge is 0.367 e. The molecular weight excluding hydrogens is 273 g/mol. The molecule has 0 fully saturated rings. The van der Waals surface area contributed by atoms with E-state index in [2.05, 4.69) is 25.9 Å². The zero-order valence-electron chi connectivity index (χ0n) is 12.9. The molecule has 0 aliphatic carbocycles. The summed E-state index contributed by atoms with van der Waals surface area (Å²) in [4.78, 5) is 19.4. The number of amides is 1. The van der Waals surface area contributed by atoms with Gasteiger partial charge in [0, 0.05) is 26.1 Å².